The summed E-state index contributed by atoms with van der Waals surface area (Å²) in [4.78, 5) is 38.3. The van der Waals surface area contributed by atoms with Crippen LogP contribution in [-0.2, 0) is 0 Å². The van der Waals surface area contributed by atoms with Crippen LogP contribution in [0.25, 0.3) is 0 Å². The number of anilines is 2. The molecule has 1 aliphatic heterocycles. The Morgan fingerprint density at radius 1 is 0.929 bits per heavy atom. The van der Waals surface area contributed by atoms with E-state index < -0.39 is 5.91 Å². The molecule has 5 aromatic rings. The van der Waals surface area contributed by atoms with Crippen LogP contribution in [0.3, 0.4) is 0 Å². The molecule has 0 spiro atoms. The Morgan fingerprint density at radius 2 is 1.57 bits per heavy atom. The minimum absolute atomic E-state index is 0.0995. The maximum absolute atomic E-state index is 13.6. The van der Waals surface area contributed by atoms with E-state index >= 15 is 0 Å². The molecule has 0 saturated carbocycles. The van der Waals surface area contributed by atoms with Gasteiger partial charge in [-0.3, -0.25) is 14.3 Å². The summed E-state index contributed by atoms with van der Waals surface area (Å²) in [5, 5.41) is 7.91. The van der Waals surface area contributed by atoms with Gasteiger partial charge in [-0.25, -0.2) is 9.98 Å². The number of aromatic nitrogens is 3. The van der Waals surface area contributed by atoms with Crippen molar-refractivity contribution in [1.82, 2.24) is 14.8 Å². The molecule has 3 heterocycles. The van der Waals surface area contributed by atoms with E-state index in [9.17, 15) is 9.59 Å². The monoisotopic (exact) mass is 574 g/mol. The zero-order valence-electron chi connectivity index (χ0n) is 23.0. The summed E-state index contributed by atoms with van der Waals surface area (Å²) in [6.07, 6.45) is 1.52. The number of carbonyl (C=O) groups is 2. The number of pyridine rings is 1. The summed E-state index contributed by atoms with van der Waals surface area (Å²) < 4.78 is 1.66. The Hall–Kier alpha value is -5.08. The lowest BCUT2D eigenvalue weighted by atomic mass is 10.0. The van der Waals surface area contributed by atoms with E-state index in [-0.39, 0.29) is 11.9 Å². The van der Waals surface area contributed by atoms with Gasteiger partial charge in [0.25, 0.3) is 11.8 Å². The first-order valence-electron chi connectivity index (χ1n) is 13.5. The Bertz CT molecular complexity index is 1760. The number of halogens is 1. The summed E-state index contributed by atoms with van der Waals surface area (Å²) >= 11 is 6.05. The topological polar surface area (TPSA) is 92.5 Å². The van der Waals surface area contributed by atoms with Crippen molar-refractivity contribution >= 4 is 46.3 Å². The van der Waals surface area contributed by atoms with Gasteiger partial charge >= 0.3 is 0 Å². The van der Waals surface area contributed by atoms with Crippen LogP contribution in [0.4, 0.5) is 17.2 Å². The zero-order chi connectivity index (χ0) is 29.2. The molecular weight excluding hydrogens is 548 g/mol. The predicted octanol–water partition coefficient (Wildman–Crippen LogP) is 6.88. The molecule has 1 aliphatic rings. The average molecular weight is 575 g/mol. The summed E-state index contributed by atoms with van der Waals surface area (Å²) in [5.41, 5.74) is 4.99. The van der Waals surface area contributed by atoms with Crippen LogP contribution in [0.2, 0.25) is 5.02 Å². The van der Waals surface area contributed by atoms with Crippen LogP contribution in [-0.4, -0.2) is 38.8 Å². The SMILES string of the molecule is Cc1cc(C(=O)Nc2cnn3c2C(=O)N(c2ccc(Cl)cc2)C[C@@H]3C)cc(N=C(c2ccccc2)c2ccccc2)n1. The number of fused-ring (bicyclic) bond motifs is 1. The van der Waals surface area contributed by atoms with Crippen LogP contribution in [0.5, 0.6) is 0 Å². The molecule has 0 radical (unpaired) electrons. The maximum Gasteiger partial charge on any atom is 0.278 e. The number of benzene rings is 3. The number of aliphatic imine (C=N–C) groups is 1. The number of nitrogens with zero attached hydrogens (tertiary/aromatic N) is 5. The van der Waals surface area contributed by atoms with Gasteiger partial charge in [-0.1, -0.05) is 72.3 Å². The van der Waals surface area contributed by atoms with Gasteiger partial charge in [0.1, 0.15) is 0 Å². The average Bonchev–Trinajstić information content (AvgIpc) is 3.43. The maximum atomic E-state index is 13.6. The van der Waals surface area contributed by atoms with Crippen LogP contribution in [0.1, 0.15) is 50.6 Å². The number of carbonyl (C=O) groups excluding carboxylic acids is 2. The fourth-order valence-electron chi connectivity index (χ4n) is 5.03. The minimum Gasteiger partial charge on any atom is -0.319 e. The van der Waals surface area contributed by atoms with E-state index in [4.69, 9.17) is 16.6 Å². The third-order valence-corrected chi connectivity index (χ3v) is 7.27. The third kappa shape index (κ3) is 5.44. The molecule has 6 rings (SSSR count). The highest BCUT2D eigenvalue weighted by atomic mass is 35.5. The molecule has 2 aromatic heterocycles. The van der Waals surface area contributed by atoms with Gasteiger partial charge in [0.2, 0.25) is 0 Å². The number of rotatable bonds is 6. The largest absolute Gasteiger partial charge is 0.319 e. The summed E-state index contributed by atoms with van der Waals surface area (Å²) in [6, 6.07) is 30.0. The fourth-order valence-corrected chi connectivity index (χ4v) is 5.16. The lowest BCUT2D eigenvalue weighted by molar-refractivity contribution is 0.0954. The molecular formula is C33H27ClN6O2. The number of aryl methyl sites for hydroxylation is 1. The smallest absolute Gasteiger partial charge is 0.278 e. The van der Waals surface area contributed by atoms with Crippen LogP contribution < -0.4 is 10.2 Å². The lowest BCUT2D eigenvalue weighted by Gasteiger charge is -2.32. The van der Waals surface area contributed by atoms with Gasteiger partial charge in [0.05, 0.1) is 23.6 Å². The standard InChI is InChI=1S/C33H27ClN6O2/c1-21-17-25(18-29(36-21)38-30(23-9-5-3-6-10-23)24-11-7-4-8-12-24)32(41)37-28-19-35-40-22(2)20-39(33(42)31(28)40)27-15-13-26(34)14-16-27/h3-19,22H,20H2,1-2H3,(H,37,41)/t22-/m0/s1. The van der Waals surface area contributed by atoms with Crippen molar-refractivity contribution in [1.29, 1.82) is 0 Å². The first-order chi connectivity index (χ1) is 20.4. The molecule has 0 fully saturated rings. The molecule has 9 heteroatoms. The van der Waals surface area contributed by atoms with Crippen molar-refractivity contribution in [3.05, 3.63) is 136 Å². The highest BCUT2D eigenvalue weighted by Gasteiger charge is 2.34. The number of hydrogen-bond acceptors (Lipinski definition) is 5. The van der Waals surface area contributed by atoms with E-state index in [0.717, 1.165) is 22.5 Å². The van der Waals surface area contributed by atoms with E-state index in [0.29, 0.717) is 40.0 Å². The van der Waals surface area contributed by atoms with Crippen LogP contribution in [0, 0.1) is 6.92 Å². The van der Waals surface area contributed by atoms with E-state index in [2.05, 4.69) is 15.4 Å². The van der Waals surface area contributed by atoms with Gasteiger partial charge in [-0.05, 0) is 50.2 Å². The highest BCUT2D eigenvalue weighted by molar-refractivity contribution is 6.30. The molecule has 3 aromatic carbocycles. The molecule has 2 amide bonds. The third-order valence-electron chi connectivity index (χ3n) is 7.02. The molecule has 42 heavy (non-hydrogen) atoms. The number of nitrogens with one attached hydrogen (secondary N) is 1. The molecule has 8 nitrogen and oxygen atoms in total. The summed E-state index contributed by atoms with van der Waals surface area (Å²) in [7, 11) is 0. The molecule has 1 N–H and O–H groups in total. The van der Waals surface area contributed by atoms with Gasteiger partial charge in [0.15, 0.2) is 11.5 Å². The first-order valence-corrected chi connectivity index (χ1v) is 13.9. The van der Waals surface area contributed by atoms with E-state index in [1.54, 1.807) is 46.0 Å². The molecule has 0 bridgehead atoms. The Labute approximate surface area is 248 Å². The van der Waals surface area contributed by atoms with Crippen LogP contribution in [0.15, 0.2) is 108 Å². The van der Waals surface area contributed by atoms with E-state index in [1.165, 1.54) is 6.20 Å². The Balaban J connectivity index is 1.32. The van der Waals surface area contributed by atoms with E-state index in [1.807, 2.05) is 74.5 Å². The molecule has 208 valence electrons. The van der Waals surface area contributed by atoms with Crippen molar-refractivity contribution in [2.75, 3.05) is 16.8 Å². The predicted molar refractivity (Wildman–Crippen MR) is 165 cm³/mol. The molecule has 0 saturated heterocycles. The van der Waals surface area contributed by atoms with Crippen molar-refractivity contribution in [2.24, 2.45) is 4.99 Å². The zero-order valence-corrected chi connectivity index (χ0v) is 23.8. The normalized spacial score (nSPS) is 14.3. The molecule has 0 unspecified atom stereocenters. The second kappa shape index (κ2) is 11.4. The van der Waals surface area contributed by atoms with Crippen molar-refractivity contribution in [3.63, 3.8) is 0 Å². The van der Waals surface area contributed by atoms with Gasteiger partial charge in [-0.15, -0.1) is 0 Å². The fraction of sp³-hybridized carbons (Fsp3) is 0.121. The quantitative estimate of drug-likeness (QED) is 0.224. The minimum atomic E-state index is -0.391. The first kappa shape index (κ1) is 27.1. The number of hydrogen-bond donors (Lipinski definition) is 1. The van der Waals surface area contributed by atoms with Crippen molar-refractivity contribution < 1.29 is 9.59 Å². The molecule has 1 atom stereocenters. The molecule has 0 aliphatic carbocycles. The van der Waals surface area contributed by atoms with Crippen molar-refractivity contribution in [3.8, 4) is 0 Å². The van der Waals surface area contributed by atoms with Crippen LogP contribution >= 0.6 is 11.6 Å². The van der Waals surface area contributed by atoms with Gasteiger partial charge in [-0.2, -0.15) is 5.10 Å². The second-order valence-electron chi connectivity index (χ2n) is 10.1. The number of amides is 2. The van der Waals surface area contributed by atoms with Gasteiger partial charge < -0.3 is 10.2 Å². The summed E-state index contributed by atoms with van der Waals surface area (Å²) in [6.45, 7) is 4.24. The van der Waals surface area contributed by atoms with Gasteiger partial charge in [0, 0.05) is 39.6 Å². The second-order valence-corrected chi connectivity index (χ2v) is 10.5. The lowest BCUT2D eigenvalue weighted by Crippen LogP contribution is -2.43. The highest BCUT2D eigenvalue weighted by Crippen LogP contribution is 2.31. The summed E-state index contributed by atoms with van der Waals surface area (Å²) in [5.74, 6) is -0.244. The Morgan fingerprint density at radius 3 is 2.21 bits per heavy atom. The Kier molecular flexibility index (Phi) is 7.37. The van der Waals surface area contributed by atoms with Crippen molar-refractivity contribution in [2.45, 2.75) is 19.9 Å².